The topological polar surface area (TPSA) is 86.7 Å². The van der Waals surface area contributed by atoms with Crippen molar-refractivity contribution in [3.63, 3.8) is 0 Å². The van der Waals surface area contributed by atoms with Crippen LogP contribution in [0.25, 0.3) is 11.1 Å². The predicted octanol–water partition coefficient (Wildman–Crippen LogP) is 5.06. The monoisotopic (exact) mass is 524 g/mol. The molecule has 0 amide bonds. The molecule has 2 aliphatic rings. The van der Waals surface area contributed by atoms with Crippen LogP contribution in [0.4, 0.5) is 0 Å². The van der Waals surface area contributed by atoms with Crippen molar-refractivity contribution < 1.29 is 18.3 Å². The highest BCUT2D eigenvalue weighted by atomic mass is 35.5. The summed E-state index contributed by atoms with van der Waals surface area (Å²) in [6.07, 6.45) is 1.18. The van der Waals surface area contributed by atoms with Gasteiger partial charge < -0.3 is 5.11 Å². The number of hydrogen-bond acceptors (Lipinski definition) is 4. The fraction of sp³-hybridized carbons (Fsp3) is 0.321. The van der Waals surface area contributed by atoms with Crippen LogP contribution in [0.3, 0.4) is 0 Å². The fourth-order valence-electron chi connectivity index (χ4n) is 5.08. The lowest BCUT2D eigenvalue weighted by atomic mass is 9.94. The van der Waals surface area contributed by atoms with E-state index in [1.807, 2.05) is 18.2 Å². The van der Waals surface area contributed by atoms with Crippen molar-refractivity contribution in [2.45, 2.75) is 55.6 Å². The molecule has 6 nitrogen and oxygen atoms in total. The zero-order valence-corrected chi connectivity index (χ0v) is 21.8. The third-order valence-electron chi connectivity index (χ3n) is 7.41. The van der Waals surface area contributed by atoms with E-state index < -0.39 is 27.4 Å². The summed E-state index contributed by atoms with van der Waals surface area (Å²) in [5.74, 6) is -1.58. The zero-order valence-electron chi connectivity index (χ0n) is 20.2. The van der Waals surface area contributed by atoms with Gasteiger partial charge in [0.15, 0.2) is 0 Å². The standard InChI is InChI=1S/C28H29ClN2O4S/c1-18(2)31-14-13-21-3-4-22(15-23(21)17-31)26-16-28(26,27(32)33)30-36(34,35)25-11-7-20(8-12-25)19-5-9-24(29)10-6-19/h3-12,15,18,26,30H,13-14,16-17H2,1-2H3,(H,32,33)/t26-,28+/m0/s1. The number of carboxylic acids is 1. The van der Waals surface area contributed by atoms with Gasteiger partial charge in [-0.15, -0.1) is 0 Å². The lowest BCUT2D eigenvalue weighted by Crippen LogP contribution is -2.44. The highest BCUT2D eigenvalue weighted by Crippen LogP contribution is 2.53. The minimum Gasteiger partial charge on any atom is -0.480 e. The van der Waals surface area contributed by atoms with Gasteiger partial charge in [0, 0.05) is 30.1 Å². The lowest BCUT2D eigenvalue weighted by molar-refractivity contribution is -0.140. The maximum absolute atomic E-state index is 13.2. The highest BCUT2D eigenvalue weighted by molar-refractivity contribution is 7.89. The van der Waals surface area contributed by atoms with Crippen molar-refractivity contribution in [1.29, 1.82) is 0 Å². The Balaban J connectivity index is 1.37. The first kappa shape index (κ1) is 25.0. The van der Waals surface area contributed by atoms with E-state index >= 15 is 0 Å². The Morgan fingerprint density at radius 2 is 1.67 bits per heavy atom. The van der Waals surface area contributed by atoms with E-state index in [0.717, 1.165) is 36.2 Å². The van der Waals surface area contributed by atoms with Crippen LogP contribution in [0.5, 0.6) is 0 Å². The van der Waals surface area contributed by atoms with E-state index in [1.54, 1.807) is 24.3 Å². The summed E-state index contributed by atoms with van der Waals surface area (Å²) in [6, 6.07) is 20.2. The van der Waals surface area contributed by atoms with Crippen LogP contribution in [0, 0.1) is 0 Å². The van der Waals surface area contributed by atoms with Gasteiger partial charge in [-0.2, -0.15) is 4.72 Å². The highest BCUT2D eigenvalue weighted by Gasteiger charge is 2.63. The molecule has 1 fully saturated rings. The van der Waals surface area contributed by atoms with Crippen LogP contribution >= 0.6 is 11.6 Å². The van der Waals surface area contributed by atoms with E-state index in [2.05, 4.69) is 35.6 Å². The molecule has 1 saturated carbocycles. The molecule has 2 atom stereocenters. The Kier molecular flexibility index (Phi) is 6.45. The summed E-state index contributed by atoms with van der Waals surface area (Å²) in [4.78, 5) is 14.7. The first-order valence-corrected chi connectivity index (χ1v) is 13.9. The zero-order chi connectivity index (χ0) is 25.7. The van der Waals surface area contributed by atoms with Gasteiger partial charge in [0.25, 0.3) is 0 Å². The fourth-order valence-corrected chi connectivity index (χ4v) is 6.61. The van der Waals surface area contributed by atoms with E-state index in [1.165, 1.54) is 23.3 Å². The third-order valence-corrected chi connectivity index (χ3v) is 9.18. The van der Waals surface area contributed by atoms with Gasteiger partial charge in [-0.05, 0) is 78.8 Å². The summed E-state index contributed by atoms with van der Waals surface area (Å²) in [6.45, 7) is 6.16. The SMILES string of the molecule is CC(C)N1CCc2ccc([C@@H]3C[C@]3(NS(=O)(=O)c3ccc(-c4ccc(Cl)cc4)cc3)C(=O)O)cc2C1. The summed E-state index contributed by atoms with van der Waals surface area (Å²) in [7, 11) is -4.04. The normalized spacial score (nSPS) is 21.8. The predicted molar refractivity (Wildman–Crippen MR) is 141 cm³/mol. The average Bonchev–Trinajstić information content (AvgIpc) is 3.58. The van der Waals surface area contributed by atoms with Crippen LogP contribution in [0.2, 0.25) is 5.02 Å². The van der Waals surface area contributed by atoms with Crippen molar-refractivity contribution in [1.82, 2.24) is 9.62 Å². The van der Waals surface area contributed by atoms with Crippen molar-refractivity contribution in [2.75, 3.05) is 6.54 Å². The van der Waals surface area contributed by atoms with Crippen LogP contribution in [-0.4, -0.2) is 42.5 Å². The molecule has 3 aromatic rings. The maximum Gasteiger partial charge on any atom is 0.325 e. The molecule has 1 heterocycles. The number of nitrogens with one attached hydrogen (secondary N) is 1. The molecular weight excluding hydrogens is 496 g/mol. The van der Waals surface area contributed by atoms with Crippen molar-refractivity contribution in [3.05, 3.63) is 88.4 Å². The van der Waals surface area contributed by atoms with E-state index in [4.69, 9.17) is 11.6 Å². The second-order valence-electron chi connectivity index (χ2n) is 10.0. The molecule has 1 aliphatic carbocycles. The molecule has 36 heavy (non-hydrogen) atoms. The van der Waals surface area contributed by atoms with Gasteiger partial charge in [0.05, 0.1) is 4.90 Å². The van der Waals surface area contributed by atoms with Crippen LogP contribution in [-0.2, 0) is 27.8 Å². The summed E-state index contributed by atoms with van der Waals surface area (Å²) in [5, 5.41) is 10.7. The number of fused-ring (bicyclic) bond motifs is 1. The number of sulfonamides is 1. The van der Waals surface area contributed by atoms with Crippen molar-refractivity contribution in [3.8, 4) is 11.1 Å². The average molecular weight is 525 g/mol. The largest absolute Gasteiger partial charge is 0.480 e. The molecule has 0 spiro atoms. The Morgan fingerprint density at radius 3 is 2.28 bits per heavy atom. The summed E-state index contributed by atoms with van der Waals surface area (Å²) in [5.41, 5.74) is 3.53. The number of carboxylic acid groups (broad SMARTS) is 1. The van der Waals surface area contributed by atoms with Gasteiger partial charge in [-0.25, -0.2) is 8.42 Å². The number of benzene rings is 3. The van der Waals surface area contributed by atoms with Gasteiger partial charge in [-0.3, -0.25) is 9.69 Å². The molecule has 0 radical (unpaired) electrons. The molecule has 0 bridgehead atoms. The van der Waals surface area contributed by atoms with Crippen molar-refractivity contribution in [2.24, 2.45) is 0 Å². The molecule has 0 aromatic heterocycles. The lowest BCUT2D eigenvalue weighted by Gasteiger charge is -2.32. The molecule has 0 saturated heterocycles. The minimum atomic E-state index is -4.04. The molecule has 3 aromatic carbocycles. The Bertz CT molecular complexity index is 1400. The molecule has 2 N–H and O–H groups in total. The molecular formula is C28H29ClN2O4S. The Hall–Kier alpha value is -2.71. The Morgan fingerprint density at radius 1 is 1.03 bits per heavy atom. The quantitative estimate of drug-likeness (QED) is 0.451. The van der Waals surface area contributed by atoms with Gasteiger partial charge in [0.2, 0.25) is 10.0 Å². The smallest absolute Gasteiger partial charge is 0.325 e. The van der Waals surface area contributed by atoms with Crippen LogP contribution in [0.1, 0.15) is 42.9 Å². The second-order valence-corrected chi connectivity index (χ2v) is 12.1. The van der Waals surface area contributed by atoms with Crippen LogP contribution < -0.4 is 4.72 Å². The first-order valence-electron chi connectivity index (χ1n) is 12.1. The van der Waals surface area contributed by atoms with Crippen molar-refractivity contribution >= 4 is 27.6 Å². The number of carbonyl (C=O) groups is 1. The maximum atomic E-state index is 13.2. The third kappa shape index (κ3) is 4.68. The molecule has 8 heteroatoms. The first-order chi connectivity index (χ1) is 17.1. The van der Waals surface area contributed by atoms with Gasteiger partial charge in [-0.1, -0.05) is 54.1 Å². The van der Waals surface area contributed by atoms with Gasteiger partial charge in [0.1, 0.15) is 5.54 Å². The number of hydrogen-bond donors (Lipinski definition) is 2. The van der Waals surface area contributed by atoms with Crippen LogP contribution in [0.15, 0.2) is 71.6 Å². The molecule has 1 aliphatic heterocycles. The summed E-state index contributed by atoms with van der Waals surface area (Å²) >= 11 is 5.95. The van der Waals surface area contributed by atoms with Gasteiger partial charge >= 0.3 is 5.97 Å². The summed E-state index contributed by atoms with van der Waals surface area (Å²) < 4.78 is 29.0. The number of halogens is 1. The number of nitrogens with zero attached hydrogens (tertiary/aromatic N) is 1. The minimum absolute atomic E-state index is 0.0319. The van der Waals surface area contributed by atoms with E-state index in [-0.39, 0.29) is 11.3 Å². The van der Waals surface area contributed by atoms with E-state index in [0.29, 0.717) is 11.1 Å². The second kappa shape index (κ2) is 9.30. The Labute approximate surface area is 217 Å². The molecule has 0 unspecified atom stereocenters. The van der Waals surface area contributed by atoms with E-state index in [9.17, 15) is 18.3 Å². The number of rotatable bonds is 7. The molecule has 5 rings (SSSR count). The number of aliphatic carboxylic acids is 1. The molecule has 188 valence electrons.